The van der Waals surface area contributed by atoms with Gasteiger partial charge in [-0.15, -0.1) is 0 Å². The van der Waals surface area contributed by atoms with Crippen LogP contribution < -0.4 is 5.32 Å². The van der Waals surface area contributed by atoms with E-state index in [2.05, 4.69) is 29.6 Å². The molecule has 0 radical (unpaired) electrons. The molecule has 2 amide bonds. The van der Waals surface area contributed by atoms with E-state index in [4.69, 9.17) is 4.74 Å². The van der Waals surface area contributed by atoms with Gasteiger partial charge in [-0.05, 0) is 46.4 Å². The Labute approximate surface area is 206 Å². The number of benzene rings is 2. The summed E-state index contributed by atoms with van der Waals surface area (Å²) in [5, 5.41) is 12.4. The zero-order valence-corrected chi connectivity index (χ0v) is 20.6. The van der Waals surface area contributed by atoms with Crippen molar-refractivity contribution in [1.29, 1.82) is 0 Å². The lowest BCUT2D eigenvalue weighted by atomic mass is 9.86. The summed E-state index contributed by atoms with van der Waals surface area (Å²) in [5.74, 6) is -1.24. The van der Waals surface area contributed by atoms with Gasteiger partial charge < -0.3 is 20.1 Å². The fourth-order valence-electron chi connectivity index (χ4n) is 5.38. The van der Waals surface area contributed by atoms with Crippen LogP contribution in [0.15, 0.2) is 48.5 Å². The number of alkyl carbamates (subject to hydrolysis) is 1. The molecule has 1 aliphatic carbocycles. The molecule has 2 aromatic carbocycles. The normalized spacial score (nSPS) is 19.6. The van der Waals surface area contributed by atoms with Crippen molar-refractivity contribution in [3.63, 3.8) is 0 Å². The first-order valence-electron chi connectivity index (χ1n) is 12.3. The minimum atomic E-state index is -0.958. The number of amides is 2. The van der Waals surface area contributed by atoms with Crippen molar-refractivity contribution in [2.45, 2.75) is 52.0 Å². The lowest BCUT2D eigenvalue weighted by Crippen LogP contribution is -2.53. The molecular formula is C28H34N2O5. The summed E-state index contributed by atoms with van der Waals surface area (Å²) >= 11 is 0. The fraction of sp³-hybridized carbons (Fsp3) is 0.464. The number of ether oxygens (including phenoxy) is 1. The molecule has 7 nitrogen and oxygen atoms in total. The minimum Gasteiger partial charge on any atom is -0.480 e. The number of likely N-dealkylation sites (tertiary alicyclic amines) is 1. The molecule has 4 rings (SSSR count). The number of hydrogen-bond donors (Lipinski definition) is 2. The van der Waals surface area contributed by atoms with Gasteiger partial charge in [0, 0.05) is 25.4 Å². The molecule has 186 valence electrons. The van der Waals surface area contributed by atoms with E-state index in [0.717, 1.165) is 24.0 Å². The zero-order chi connectivity index (χ0) is 25.2. The Kier molecular flexibility index (Phi) is 7.15. The molecule has 35 heavy (non-hydrogen) atoms. The molecule has 0 bridgehead atoms. The lowest BCUT2D eigenvalue weighted by Gasteiger charge is -2.39. The third kappa shape index (κ3) is 5.34. The molecule has 0 aromatic heterocycles. The summed E-state index contributed by atoms with van der Waals surface area (Å²) in [4.78, 5) is 38.7. The van der Waals surface area contributed by atoms with Crippen LogP contribution in [0.1, 0.15) is 57.1 Å². The van der Waals surface area contributed by atoms with Gasteiger partial charge in [-0.25, -0.2) is 9.59 Å². The standard InChI is InChI=1S/C28H34N2O5/c1-18-9-8-14-30(25(18)26(32)33)24(31)15-28(2,3)17-29-27(34)35-16-23-21-12-6-4-10-19(21)20-11-5-7-13-22(20)23/h4-7,10-13,18,23,25H,8-9,14-17H2,1-3H3,(H,29,34)(H,32,33). The van der Waals surface area contributed by atoms with E-state index >= 15 is 0 Å². The second kappa shape index (κ2) is 10.1. The molecule has 2 unspecified atom stereocenters. The first-order chi connectivity index (χ1) is 16.7. The SMILES string of the molecule is CC1CCCN(C(=O)CC(C)(C)CNC(=O)OCC2c3ccccc3-c3ccccc32)C1C(=O)O. The van der Waals surface area contributed by atoms with E-state index in [-0.39, 0.29) is 37.3 Å². The van der Waals surface area contributed by atoms with Crippen LogP contribution in [0.25, 0.3) is 11.1 Å². The molecule has 7 heteroatoms. The van der Waals surface area contributed by atoms with Crippen molar-refractivity contribution in [2.75, 3.05) is 19.7 Å². The average molecular weight is 479 g/mol. The summed E-state index contributed by atoms with van der Waals surface area (Å²) in [7, 11) is 0. The quantitative estimate of drug-likeness (QED) is 0.604. The van der Waals surface area contributed by atoms with Crippen LogP contribution in [0, 0.1) is 11.3 Å². The average Bonchev–Trinajstić information content (AvgIpc) is 3.14. The Bertz CT molecular complexity index is 1070. The van der Waals surface area contributed by atoms with Gasteiger partial charge in [-0.3, -0.25) is 4.79 Å². The smallest absolute Gasteiger partial charge is 0.407 e. The third-order valence-electron chi connectivity index (χ3n) is 7.19. The number of carbonyl (C=O) groups excluding carboxylic acids is 2. The predicted molar refractivity (Wildman–Crippen MR) is 133 cm³/mol. The zero-order valence-electron chi connectivity index (χ0n) is 20.6. The van der Waals surface area contributed by atoms with Crippen LogP contribution in [0.4, 0.5) is 4.79 Å². The number of nitrogens with one attached hydrogen (secondary N) is 1. The number of carbonyl (C=O) groups is 3. The van der Waals surface area contributed by atoms with Gasteiger partial charge in [0.05, 0.1) is 0 Å². The Morgan fingerprint density at radius 3 is 2.26 bits per heavy atom. The van der Waals surface area contributed by atoms with Crippen molar-refractivity contribution in [2.24, 2.45) is 11.3 Å². The number of piperidine rings is 1. The first kappa shape index (κ1) is 24.8. The molecule has 2 N–H and O–H groups in total. The first-order valence-corrected chi connectivity index (χ1v) is 12.3. The Balaban J connectivity index is 1.31. The van der Waals surface area contributed by atoms with Crippen molar-refractivity contribution in [1.82, 2.24) is 10.2 Å². The number of carboxylic acids is 1. The van der Waals surface area contributed by atoms with Crippen LogP contribution in [0.2, 0.25) is 0 Å². The Hall–Kier alpha value is -3.35. The number of aliphatic carboxylic acids is 1. The molecule has 1 aliphatic heterocycles. The maximum atomic E-state index is 13.0. The molecular weight excluding hydrogens is 444 g/mol. The van der Waals surface area contributed by atoms with E-state index in [1.807, 2.05) is 45.0 Å². The van der Waals surface area contributed by atoms with Gasteiger partial charge in [0.2, 0.25) is 5.91 Å². The highest BCUT2D eigenvalue weighted by atomic mass is 16.5. The molecule has 1 heterocycles. The highest BCUT2D eigenvalue weighted by Gasteiger charge is 2.38. The molecule has 1 fully saturated rings. The molecule has 0 spiro atoms. The largest absolute Gasteiger partial charge is 0.480 e. The van der Waals surface area contributed by atoms with Crippen LogP contribution in [0.5, 0.6) is 0 Å². The van der Waals surface area contributed by atoms with Gasteiger partial charge >= 0.3 is 12.1 Å². The lowest BCUT2D eigenvalue weighted by molar-refractivity contribution is -0.155. The van der Waals surface area contributed by atoms with Crippen LogP contribution in [-0.4, -0.2) is 53.7 Å². The van der Waals surface area contributed by atoms with E-state index in [9.17, 15) is 19.5 Å². The highest BCUT2D eigenvalue weighted by Crippen LogP contribution is 2.44. The van der Waals surface area contributed by atoms with E-state index in [1.165, 1.54) is 16.0 Å². The number of fused-ring (bicyclic) bond motifs is 3. The van der Waals surface area contributed by atoms with Crippen molar-refractivity contribution in [3.8, 4) is 11.1 Å². The summed E-state index contributed by atoms with van der Waals surface area (Å²) in [6.45, 7) is 6.58. The Morgan fingerprint density at radius 1 is 1.06 bits per heavy atom. The number of carboxylic acid groups (broad SMARTS) is 1. The van der Waals surface area contributed by atoms with E-state index < -0.39 is 23.5 Å². The minimum absolute atomic E-state index is 0.0169. The van der Waals surface area contributed by atoms with Crippen molar-refractivity contribution < 1.29 is 24.2 Å². The van der Waals surface area contributed by atoms with Gasteiger partial charge in [-0.2, -0.15) is 0 Å². The van der Waals surface area contributed by atoms with Crippen LogP contribution in [-0.2, 0) is 14.3 Å². The van der Waals surface area contributed by atoms with Gasteiger partial charge in [-0.1, -0.05) is 69.3 Å². The number of nitrogens with zero attached hydrogens (tertiary/aromatic N) is 1. The highest BCUT2D eigenvalue weighted by molar-refractivity contribution is 5.84. The summed E-state index contributed by atoms with van der Waals surface area (Å²) < 4.78 is 5.60. The summed E-state index contributed by atoms with van der Waals surface area (Å²) in [5.41, 5.74) is 4.09. The van der Waals surface area contributed by atoms with E-state index in [0.29, 0.717) is 6.54 Å². The second-order valence-corrected chi connectivity index (χ2v) is 10.5. The van der Waals surface area contributed by atoms with Crippen LogP contribution >= 0.6 is 0 Å². The number of rotatable bonds is 7. The van der Waals surface area contributed by atoms with Gasteiger partial charge in [0.1, 0.15) is 12.6 Å². The van der Waals surface area contributed by atoms with Gasteiger partial charge in [0.25, 0.3) is 0 Å². The van der Waals surface area contributed by atoms with Crippen LogP contribution in [0.3, 0.4) is 0 Å². The van der Waals surface area contributed by atoms with Gasteiger partial charge in [0.15, 0.2) is 0 Å². The predicted octanol–water partition coefficient (Wildman–Crippen LogP) is 4.65. The molecule has 1 saturated heterocycles. The molecule has 2 atom stereocenters. The molecule has 2 aromatic rings. The monoisotopic (exact) mass is 478 g/mol. The fourth-order valence-corrected chi connectivity index (χ4v) is 5.38. The number of hydrogen-bond acceptors (Lipinski definition) is 4. The maximum Gasteiger partial charge on any atom is 0.407 e. The van der Waals surface area contributed by atoms with E-state index in [1.54, 1.807) is 0 Å². The Morgan fingerprint density at radius 2 is 1.66 bits per heavy atom. The van der Waals surface area contributed by atoms with Crippen molar-refractivity contribution >= 4 is 18.0 Å². The third-order valence-corrected chi connectivity index (χ3v) is 7.19. The topological polar surface area (TPSA) is 95.9 Å². The molecule has 0 saturated carbocycles. The second-order valence-electron chi connectivity index (χ2n) is 10.5. The maximum absolute atomic E-state index is 13.0. The summed E-state index contributed by atoms with van der Waals surface area (Å²) in [6, 6.07) is 15.5. The van der Waals surface area contributed by atoms with Crippen molar-refractivity contribution in [3.05, 3.63) is 59.7 Å². The summed E-state index contributed by atoms with van der Waals surface area (Å²) in [6.07, 6.45) is 1.22. The molecule has 2 aliphatic rings.